The molecule has 2 aromatic rings. The quantitative estimate of drug-likeness (QED) is 0.703. The fourth-order valence-corrected chi connectivity index (χ4v) is 6.59. The first-order valence-corrected chi connectivity index (χ1v) is 11.2. The van der Waals surface area contributed by atoms with Crippen LogP contribution < -0.4 is 10.0 Å². The lowest BCUT2D eigenvalue weighted by atomic mass is 10.2. The van der Waals surface area contributed by atoms with Crippen LogP contribution in [0.5, 0.6) is 0 Å². The van der Waals surface area contributed by atoms with Crippen molar-refractivity contribution in [2.45, 2.75) is 17.0 Å². The molecule has 1 aliphatic heterocycles. The van der Waals surface area contributed by atoms with Crippen LogP contribution in [-0.2, 0) is 19.9 Å². The van der Waals surface area contributed by atoms with E-state index in [9.17, 15) is 21.9 Å². The third-order valence-corrected chi connectivity index (χ3v) is 7.81. The van der Waals surface area contributed by atoms with Gasteiger partial charge < -0.3 is 10.8 Å². The largest absolute Gasteiger partial charge is 0.399 e. The first-order chi connectivity index (χ1) is 12.6. The molecule has 0 radical (unpaired) electrons. The Hall–Kier alpha value is -2.61. The van der Waals surface area contributed by atoms with Gasteiger partial charge in [0, 0.05) is 5.69 Å². The fourth-order valence-electron chi connectivity index (χ4n) is 3.00. The molecule has 10 heteroatoms. The summed E-state index contributed by atoms with van der Waals surface area (Å²) < 4.78 is 51.4. The molecule has 1 fully saturated rings. The molecule has 1 saturated heterocycles. The third kappa shape index (κ3) is 3.75. The average molecular weight is 407 g/mol. The summed E-state index contributed by atoms with van der Waals surface area (Å²) in [7, 11) is -7.84. The van der Waals surface area contributed by atoms with Crippen molar-refractivity contribution in [1.82, 2.24) is 0 Å². The van der Waals surface area contributed by atoms with Crippen LogP contribution in [0, 0.1) is 11.3 Å². The molecule has 2 atom stereocenters. The van der Waals surface area contributed by atoms with Crippen molar-refractivity contribution in [3.63, 3.8) is 0 Å². The maximum atomic E-state index is 13.3. The second-order valence-electron chi connectivity index (χ2n) is 6.24. The summed E-state index contributed by atoms with van der Waals surface area (Å²) in [5.41, 5.74) is 6.38. The molecule has 0 saturated carbocycles. The van der Waals surface area contributed by atoms with Crippen LogP contribution in [0.4, 0.5) is 11.4 Å². The zero-order chi connectivity index (χ0) is 19.8. The number of sulfone groups is 1. The van der Waals surface area contributed by atoms with Crippen LogP contribution >= 0.6 is 0 Å². The Morgan fingerprint density at radius 3 is 2.37 bits per heavy atom. The Kier molecular flexibility index (Phi) is 4.86. The minimum Gasteiger partial charge on any atom is -0.399 e. The summed E-state index contributed by atoms with van der Waals surface area (Å²) in [4.78, 5) is -0.171. The van der Waals surface area contributed by atoms with E-state index < -0.39 is 43.5 Å². The first kappa shape index (κ1) is 19.2. The van der Waals surface area contributed by atoms with E-state index in [0.29, 0.717) is 5.69 Å². The van der Waals surface area contributed by atoms with Gasteiger partial charge in [-0.1, -0.05) is 6.07 Å². The molecule has 2 aromatic carbocycles. The summed E-state index contributed by atoms with van der Waals surface area (Å²) >= 11 is 0. The number of anilines is 2. The molecule has 0 unspecified atom stereocenters. The van der Waals surface area contributed by atoms with Gasteiger partial charge >= 0.3 is 0 Å². The molecule has 3 N–H and O–H groups in total. The van der Waals surface area contributed by atoms with Gasteiger partial charge in [0.1, 0.15) is 0 Å². The van der Waals surface area contributed by atoms with Crippen LogP contribution in [0.1, 0.15) is 5.56 Å². The highest BCUT2D eigenvalue weighted by Crippen LogP contribution is 2.31. The molecular weight excluding hydrogens is 390 g/mol. The lowest BCUT2D eigenvalue weighted by Crippen LogP contribution is -2.47. The van der Waals surface area contributed by atoms with Crippen molar-refractivity contribution in [3.8, 4) is 6.07 Å². The number of benzene rings is 2. The Morgan fingerprint density at radius 1 is 1.15 bits per heavy atom. The van der Waals surface area contributed by atoms with Gasteiger partial charge in [-0.2, -0.15) is 5.26 Å². The zero-order valence-corrected chi connectivity index (χ0v) is 15.7. The third-order valence-electron chi connectivity index (χ3n) is 4.26. The van der Waals surface area contributed by atoms with Gasteiger partial charge in [0.15, 0.2) is 9.84 Å². The van der Waals surface area contributed by atoms with Crippen LogP contribution in [0.3, 0.4) is 0 Å². The summed E-state index contributed by atoms with van der Waals surface area (Å²) in [6.07, 6.45) is -1.37. The Bertz CT molecular complexity index is 1110. The van der Waals surface area contributed by atoms with E-state index in [1.165, 1.54) is 48.5 Å². The van der Waals surface area contributed by atoms with Crippen molar-refractivity contribution in [3.05, 3.63) is 54.1 Å². The van der Waals surface area contributed by atoms with Gasteiger partial charge in [-0.15, -0.1) is 0 Å². The number of nitriles is 1. The van der Waals surface area contributed by atoms with E-state index in [0.717, 1.165) is 4.31 Å². The number of nitrogen functional groups attached to an aromatic ring is 1. The summed E-state index contributed by atoms with van der Waals surface area (Å²) in [6, 6.07) is 11.9. The van der Waals surface area contributed by atoms with Gasteiger partial charge in [0.05, 0.1) is 45.9 Å². The predicted octanol–water partition coefficient (Wildman–Crippen LogP) is 0.494. The number of hydrogen-bond donors (Lipinski definition) is 2. The number of nitrogens with two attached hydrogens (primary N) is 1. The fraction of sp³-hybridized carbons (Fsp3) is 0.235. The maximum absolute atomic E-state index is 13.3. The molecular formula is C17H17N3O5S2. The van der Waals surface area contributed by atoms with E-state index in [-0.39, 0.29) is 16.1 Å². The normalized spacial score (nSPS) is 21.5. The molecule has 8 nitrogen and oxygen atoms in total. The molecule has 0 bridgehead atoms. The monoisotopic (exact) mass is 407 g/mol. The molecule has 142 valence electrons. The molecule has 1 heterocycles. The SMILES string of the molecule is N#Cc1cccc(S(=O)(=O)N(c2ccc(N)cc2)[C@@H]2CS(=O)(=O)C[C@@H]2O)c1. The second-order valence-corrected chi connectivity index (χ2v) is 10.2. The van der Waals surface area contributed by atoms with Crippen molar-refractivity contribution in [2.24, 2.45) is 0 Å². The van der Waals surface area contributed by atoms with Crippen LogP contribution in [-0.4, -0.2) is 45.6 Å². The van der Waals surface area contributed by atoms with Crippen molar-refractivity contribution in [1.29, 1.82) is 5.26 Å². The standard InChI is InChI=1S/C17H17N3O5S2/c18-9-12-2-1-3-15(8-12)27(24,25)20(14-6-4-13(19)5-7-14)16-10-26(22,23)11-17(16)21/h1-8,16-17,21H,10-11,19H2/t16-,17+/m1/s1. The number of nitrogens with zero attached hydrogens (tertiary/aromatic N) is 2. The molecule has 0 aromatic heterocycles. The predicted molar refractivity (Wildman–Crippen MR) is 100 cm³/mol. The van der Waals surface area contributed by atoms with E-state index >= 15 is 0 Å². The number of sulfonamides is 1. The summed E-state index contributed by atoms with van der Waals surface area (Å²) in [5.74, 6) is -1.02. The van der Waals surface area contributed by atoms with Gasteiger partial charge in [-0.3, -0.25) is 4.31 Å². The Balaban J connectivity index is 2.17. The Morgan fingerprint density at radius 2 is 1.81 bits per heavy atom. The van der Waals surface area contributed by atoms with Crippen molar-refractivity contribution in [2.75, 3.05) is 21.5 Å². The number of hydrogen-bond acceptors (Lipinski definition) is 7. The van der Waals surface area contributed by atoms with Gasteiger partial charge in [-0.25, -0.2) is 16.8 Å². The lowest BCUT2D eigenvalue weighted by Gasteiger charge is -2.31. The molecule has 3 rings (SSSR count). The molecule has 27 heavy (non-hydrogen) atoms. The molecule has 1 aliphatic rings. The molecule has 0 aliphatic carbocycles. The van der Waals surface area contributed by atoms with Crippen LogP contribution in [0.15, 0.2) is 53.4 Å². The van der Waals surface area contributed by atoms with Crippen molar-refractivity contribution < 1.29 is 21.9 Å². The highest BCUT2D eigenvalue weighted by atomic mass is 32.2. The van der Waals surface area contributed by atoms with Crippen molar-refractivity contribution >= 4 is 31.2 Å². The molecule has 0 amide bonds. The highest BCUT2D eigenvalue weighted by molar-refractivity contribution is 7.93. The van der Waals surface area contributed by atoms with Gasteiger partial charge in [-0.05, 0) is 42.5 Å². The van der Waals surface area contributed by atoms with E-state index in [2.05, 4.69) is 0 Å². The summed E-state index contributed by atoms with van der Waals surface area (Å²) in [5, 5.41) is 19.3. The van der Waals surface area contributed by atoms with E-state index in [1.54, 1.807) is 0 Å². The summed E-state index contributed by atoms with van der Waals surface area (Å²) in [6.45, 7) is 0. The minimum absolute atomic E-state index is 0.146. The minimum atomic E-state index is -4.25. The van der Waals surface area contributed by atoms with Gasteiger partial charge in [0.2, 0.25) is 0 Å². The maximum Gasteiger partial charge on any atom is 0.264 e. The van der Waals surface area contributed by atoms with E-state index in [1.807, 2.05) is 6.07 Å². The van der Waals surface area contributed by atoms with Crippen LogP contribution in [0.25, 0.3) is 0 Å². The lowest BCUT2D eigenvalue weighted by molar-refractivity contribution is 0.184. The average Bonchev–Trinajstić information content (AvgIpc) is 2.89. The van der Waals surface area contributed by atoms with E-state index in [4.69, 9.17) is 11.0 Å². The topological polar surface area (TPSA) is 142 Å². The van der Waals surface area contributed by atoms with Crippen LogP contribution in [0.2, 0.25) is 0 Å². The Labute approximate surface area is 157 Å². The number of aliphatic hydroxyl groups excluding tert-OH is 1. The smallest absolute Gasteiger partial charge is 0.264 e. The molecule has 0 spiro atoms. The number of aliphatic hydroxyl groups is 1. The van der Waals surface area contributed by atoms with Gasteiger partial charge in [0.25, 0.3) is 10.0 Å². The highest BCUT2D eigenvalue weighted by Gasteiger charge is 2.45. The number of rotatable bonds is 4. The zero-order valence-electron chi connectivity index (χ0n) is 14.1. The first-order valence-electron chi connectivity index (χ1n) is 7.93. The second kappa shape index (κ2) is 6.84.